The molecule has 1 atom stereocenters. The zero-order chi connectivity index (χ0) is 9.56. The first-order chi connectivity index (χ1) is 5.63. The molecule has 0 saturated carbocycles. The van der Waals surface area contributed by atoms with Crippen molar-refractivity contribution in [1.82, 2.24) is 4.90 Å². The van der Waals surface area contributed by atoms with Crippen LogP contribution < -0.4 is 0 Å². The second kappa shape index (κ2) is 5.87. The van der Waals surface area contributed by atoms with E-state index in [0.717, 1.165) is 6.42 Å². The van der Waals surface area contributed by atoms with Gasteiger partial charge in [0.2, 0.25) is 0 Å². The van der Waals surface area contributed by atoms with Crippen molar-refractivity contribution in [2.75, 3.05) is 7.05 Å². The molecule has 1 unspecified atom stereocenters. The van der Waals surface area contributed by atoms with Crippen molar-refractivity contribution in [3.8, 4) is 0 Å². The number of hydrogen-bond donors (Lipinski definition) is 0. The molecule has 0 rings (SSSR count). The molecule has 0 amide bonds. The Hall–Kier alpha value is -0.720. The van der Waals surface area contributed by atoms with Gasteiger partial charge < -0.3 is 4.90 Å². The minimum Gasteiger partial charge on any atom is -0.372 e. The van der Waals surface area contributed by atoms with Gasteiger partial charge in [-0.1, -0.05) is 32.1 Å². The molecular formula is C11H21N. The summed E-state index contributed by atoms with van der Waals surface area (Å²) in [5.41, 5.74) is 1.23. The van der Waals surface area contributed by atoms with Gasteiger partial charge in [-0.05, 0) is 20.3 Å². The lowest BCUT2D eigenvalue weighted by molar-refractivity contribution is 0.360. The van der Waals surface area contributed by atoms with Crippen molar-refractivity contribution in [2.45, 2.75) is 39.7 Å². The van der Waals surface area contributed by atoms with E-state index in [4.69, 9.17) is 0 Å². The summed E-state index contributed by atoms with van der Waals surface area (Å²) in [6.07, 6.45) is 6.53. The average Bonchev–Trinajstić information content (AvgIpc) is 2.04. The Morgan fingerprint density at radius 1 is 1.58 bits per heavy atom. The van der Waals surface area contributed by atoms with E-state index in [0.29, 0.717) is 6.04 Å². The summed E-state index contributed by atoms with van der Waals surface area (Å²) in [7, 11) is 2.10. The molecule has 1 heteroatoms. The molecule has 12 heavy (non-hydrogen) atoms. The molecule has 0 bridgehead atoms. The van der Waals surface area contributed by atoms with Gasteiger partial charge in [-0.15, -0.1) is 0 Å². The fraction of sp³-hybridized carbons (Fsp3) is 0.636. The normalized spacial score (nSPS) is 13.3. The van der Waals surface area contributed by atoms with Crippen LogP contribution in [-0.2, 0) is 0 Å². The lowest BCUT2D eigenvalue weighted by Gasteiger charge is -2.26. The van der Waals surface area contributed by atoms with Crippen LogP contribution in [0.25, 0.3) is 0 Å². The Bertz CT molecular complexity index is 158. The summed E-state index contributed by atoms with van der Waals surface area (Å²) >= 11 is 0. The third-order valence-electron chi connectivity index (χ3n) is 2.12. The van der Waals surface area contributed by atoms with Crippen molar-refractivity contribution in [3.63, 3.8) is 0 Å². The zero-order valence-electron chi connectivity index (χ0n) is 8.80. The SMILES string of the molecule is C=C(CCC)N(C)C(C)/C=C\C. The Balaban J connectivity index is 3.99. The van der Waals surface area contributed by atoms with Gasteiger partial charge in [0.1, 0.15) is 0 Å². The Kier molecular flexibility index (Phi) is 5.52. The van der Waals surface area contributed by atoms with E-state index in [1.807, 2.05) is 6.92 Å². The molecule has 0 aliphatic carbocycles. The molecule has 0 fully saturated rings. The van der Waals surface area contributed by atoms with Crippen molar-refractivity contribution in [1.29, 1.82) is 0 Å². The van der Waals surface area contributed by atoms with Crippen LogP contribution in [0.3, 0.4) is 0 Å². The maximum absolute atomic E-state index is 4.04. The number of rotatable bonds is 5. The van der Waals surface area contributed by atoms with Gasteiger partial charge in [-0.3, -0.25) is 0 Å². The summed E-state index contributed by atoms with van der Waals surface area (Å²) in [6.45, 7) is 10.4. The molecular weight excluding hydrogens is 146 g/mol. The highest BCUT2D eigenvalue weighted by Crippen LogP contribution is 2.10. The van der Waals surface area contributed by atoms with Gasteiger partial charge in [0.05, 0.1) is 0 Å². The van der Waals surface area contributed by atoms with Crippen LogP contribution in [-0.4, -0.2) is 18.0 Å². The van der Waals surface area contributed by atoms with E-state index in [-0.39, 0.29) is 0 Å². The second-order valence-electron chi connectivity index (χ2n) is 3.19. The summed E-state index contributed by atoms with van der Waals surface area (Å²) in [4.78, 5) is 2.23. The smallest absolute Gasteiger partial charge is 0.0438 e. The highest BCUT2D eigenvalue weighted by Gasteiger charge is 2.05. The minimum absolute atomic E-state index is 0.467. The summed E-state index contributed by atoms with van der Waals surface area (Å²) in [5.74, 6) is 0. The van der Waals surface area contributed by atoms with Gasteiger partial charge in [0.25, 0.3) is 0 Å². The third kappa shape index (κ3) is 3.61. The molecule has 0 aliphatic rings. The minimum atomic E-state index is 0.467. The first kappa shape index (κ1) is 11.3. The average molecular weight is 167 g/mol. The molecule has 0 saturated heterocycles. The molecule has 0 aromatic rings. The standard InChI is InChI=1S/C11H21N/c1-6-8-10(3)12(5)11(4)9-7-2/h7,9,11H,3,6,8H2,1-2,4-5H3/b9-7-. The van der Waals surface area contributed by atoms with E-state index in [2.05, 4.69) is 44.5 Å². The zero-order valence-corrected chi connectivity index (χ0v) is 8.80. The molecule has 0 heterocycles. The van der Waals surface area contributed by atoms with Crippen LogP contribution in [0.15, 0.2) is 24.4 Å². The number of allylic oxidation sites excluding steroid dienone is 2. The van der Waals surface area contributed by atoms with Crippen molar-refractivity contribution >= 4 is 0 Å². The van der Waals surface area contributed by atoms with Gasteiger partial charge in [0.15, 0.2) is 0 Å². The maximum atomic E-state index is 4.04. The fourth-order valence-electron chi connectivity index (χ4n) is 1.16. The molecule has 0 aromatic heterocycles. The van der Waals surface area contributed by atoms with Crippen LogP contribution in [0.4, 0.5) is 0 Å². The molecule has 0 aliphatic heterocycles. The largest absolute Gasteiger partial charge is 0.372 e. The molecule has 1 nitrogen and oxygen atoms in total. The first-order valence-corrected chi connectivity index (χ1v) is 4.66. The summed E-state index contributed by atoms with van der Waals surface area (Å²) < 4.78 is 0. The van der Waals surface area contributed by atoms with Gasteiger partial charge in [0, 0.05) is 18.8 Å². The Morgan fingerprint density at radius 3 is 2.58 bits per heavy atom. The van der Waals surface area contributed by atoms with Crippen molar-refractivity contribution in [2.24, 2.45) is 0 Å². The topological polar surface area (TPSA) is 3.24 Å². The van der Waals surface area contributed by atoms with Gasteiger partial charge in [-0.25, -0.2) is 0 Å². The van der Waals surface area contributed by atoms with Crippen LogP contribution in [0.2, 0.25) is 0 Å². The van der Waals surface area contributed by atoms with E-state index in [9.17, 15) is 0 Å². The Labute approximate surface area is 76.8 Å². The lowest BCUT2D eigenvalue weighted by Crippen LogP contribution is -2.25. The molecule has 0 N–H and O–H groups in total. The van der Waals surface area contributed by atoms with Gasteiger partial charge in [-0.2, -0.15) is 0 Å². The highest BCUT2D eigenvalue weighted by atomic mass is 15.1. The van der Waals surface area contributed by atoms with Gasteiger partial charge >= 0.3 is 0 Å². The van der Waals surface area contributed by atoms with Crippen LogP contribution >= 0.6 is 0 Å². The predicted molar refractivity (Wildman–Crippen MR) is 56.1 cm³/mol. The second-order valence-corrected chi connectivity index (χ2v) is 3.19. The number of hydrogen-bond acceptors (Lipinski definition) is 1. The van der Waals surface area contributed by atoms with Crippen molar-refractivity contribution < 1.29 is 0 Å². The summed E-state index contributed by atoms with van der Waals surface area (Å²) in [5, 5.41) is 0. The predicted octanol–water partition coefficient (Wildman–Crippen LogP) is 3.20. The monoisotopic (exact) mass is 167 g/mol. The molecule has 0 radical (unpaired) electrons. The molecule has 0 spiro atoms. The Morgan fingerprint density at radius 2 is 2.17 bits per heavy atom. The number of likely N-dealkylation sites (N-methyl/N-ethyl adjacent to an activating group) is 1. The lowest BCUT2D eigenvalue weighted by atomic mass is 10.2. The molecule has 70 valence electrons. The maximum Gasteiger partial charge on any atom is 0.0438 e. The fourth-order valence-corrected chi connectivity index (χ4v) is 1.16. The quantitative estimate of drug-likeness (QED) is 0.568. The summed E-state index contributed by atoms with van der Waals surface area (Å²) in [6, 6.07) is 0.467. The van der Waals surface area contributed by atoms with E-state index < -0.39 is 0 Å². The van der Waals surface area contributed by atoms with E-state index in [1.54, 1.807) is 0 Å². The highest BCUT2D eigenvalue weighted by molar-refractivity contribution is 5.00. The first-order valence-electron chi connectivity index (χ1n) is 4.66. The molecule has 0 aromatic carbocycles. The van der Waals surface area contributed by atoms with E-state index in [1.165, 1.54) is 12.1 Å². The van der Waals surface area contributed by atoms with Crippen LogP contribution in [0.5, 0.6) is 0 Å². The van der Waals surface area contributed by atoms with Crippen LogP contribution in [0.1, 0.15) is 33.6 Å². The number of nitrogens with zero attached hydrogens (tertiary/aromatic N) is 1. The van der Waals surface area contributed by atoms with Crippen molar-refractivity contribution in [3.05, 3.63) is 24.4 Å². The van der Waals surface area contributed by atoms with Crippen LogP contribution in [0, 0.1) is 0 Å². The third-order valence-corrected chi connectivity index (χ3v) is 2.12. The van der Waals surface area contributed by atoms with E-state index >= 15 is 0 Å².